The standard InChI is InChI=1S/C16H16N2/c1-2-6-14(7-3-1)15-8-4-5-9-16(15)18-12-10-17-11-13-18/h2,4-9,17H,10-13H2. The number of para-hydroxylation sites is 1. The first-order chi connectivity index (χ1) is 8.95. The summed E-state index contributed by atoms with van der Waals surface area (Å²) in [5.74, 6) is 0. The Bertz CT molecular complexity index is 502. The van der Waals surface area contributed by atoms with Crippen molar-refractivity contribution >= 4 is 5.69 Å². The number of nitrogens with zero attached hydrogens (tertiary/aromatic N) is 1. The molecule has 1 fully saturated rings. The molecule has 90 valence electrons. The van der Waals surface area contributed by atoms with E-state index >= 15 is 0 Å². The maximum atomic E-state index is 3.39. The fourth-order valence-electron chi connectivity index (χ4n) is 2.41. The summed E-state index contributed by atoms with van der Waals surface area (Å²) in [6, 6.07) is 20.6. The predicted octanol–water partition coefficient (Wildman–Crippen LogP) is 2.36. The highest BCUT2D eigenvalue weighted by molar-refractivity contribution is 5.78. The van der Waals surface area contributed by atoms with Crippen molar-refractivity contribution in [3.8, 4) is 11.1 Å². The summed E-state index contributed by atoms with van der Waals surface area (Å²) < 4.78 is 0. The maximum absolute atomic E-state index is 3.39. The van der Waals surface area contributed by atoms with Gasteiger partial charge in [-0.2, -0.15) is 0 Å². The molecule has 3 rings (SSSR count). The first-order valence-corrected chi connectivity index (χ1v) is 6.38. The van der Waals surface area contributed by atoms with Gasteiger partial charge in [-0.05, 0) is 29.8 Å². The van der Waals surface area contributed by atoms with Gasteiger partial charge in [-0.15, -0.1) is 0 Å². The minimum Gasteiger partial charge on any atom is -0.368 e. The third-order valence-corrected chi connectivity index (χ3v) is 3.33. The van der Waals surface area contributed by atoms with Gasteiger partial charge < -0.3 is 10.2 Å². The Balaban J connectivity index is 1.99. The largest absolute Gasteiger partial charge is 0.368 e. The fourth-order valence-corrected chi connectivity index (χ4v) is 2.41. The van der Waals surface area contributed by atoms with Crippen LogP contribution in [-0.2, 0) is 0 Å². The highest BCUT2D eigenvalue weighted by Crippen LogP contribution is 2.30. The van der Waals surface area contributed by atoms with Gasteiger partial charge in [0.25, 0.3) is 0 Å². The topological polar surface area (TPSA) is 15.3 Å². The first-order valence-electron chi connectivity index (χ1n) is 6.38. The van der Waals surface area contributed by atoms with E-state index in [1.54, 1.807) is 0 Å². The van der Waals surface area contributed by atoms with Gasteiger partial charge in [0, 0.05) is 37.4 Å². The molecule has 0 radical (unpaired) electrons. The van der Waals surface area contributed by atoms with Gasteiger partial charge >= 0.3 is 0 Å². The Morgan fingerprint density at radius 2 is 1.83 bits per heavy atom. The number of hydrogen-bond donors (Lipinski definition) is 1. The SMILES string of the molecule is c1ccc(-c2ccccc2N2CCNCC2)cc#1. The summed E-state index contributed by atoms with van der Waals surface area (Å²) in [4.78, 5) is 2.45. The lowest BCUT2D eigenvalue weighted by molar-refractivity contribution is 0.589. The van der Waals surface area contributed by atoms with Crippen molar-refractivity contribution in [1.29, 1.82) is 0 Å². The minimum absolute atomic E-state index is 1.06. The molecule has 0 aromatic heterocycles. The number of hydrogen-bond acceptors (Lipinski definition) is 2. The van der Waals surface area contributed by atoms with Gasteiger partial charge in [0.05, 0.1) is 0 Å². The summed E-state index contributed by atoms with van der Waals surface area (Å²) in [7, 11) is 0. The molecule has 0 spiro atoms. The van der Waals surface area contributed by atoms with E-state index in [9.17, 15) is 0 Å². The van der Waals surface area contributed by atoms with Crippen molar-refractivity contribution in [3.63, 3.8) is 0 Å². The second-order valence-corrected chi connectivity index (χ2v) is 4.48. The van der Waals surface area contributed by atoms with E-state index in [4.69, 9.17) is 0 Å². The van der Waals surface area contributed by atoms with Crippen LogP contribution < -0.4 is 10.2 Å². The third kappa shape index (κ3) is 2.18. The van der Waals surface area contributed by atoms with Crippen LogP contribution in [0, 0.1) is 12.1 Å². The van der Waals surface area contributed by atoms with Crippen molar-refractivity contribution in [3.05, 3.63) is 54.6 Å². The van der Waals surface area contributed by atoms with Crippen LogP contribution in [0.4, 0.5) is 5.69 Å². The zero-order valence-electron chi connectivity index (χ0n) is 10.3. The van der Waals surface area contributed by atoms with Crippen molar-refractivity contribution in [1.82, 2.24) is 5.32 Å². The summed E-state index contributed by atoms with van der Waals surface area (Å²) in [6.07, 6.45) is 0. The van der Waals surface area contributed by atoms with E-state index in [1.165, 1.54) is 16.8 Å². The predicted molar refractivity (Wildman–Crippen MR) is 74.6 cm³/mol. The van der Waals surface area contributed by atoms with Crippen molar-refractivity contribution in [2.75, 3.05) is 31.1 Å². The molecule has 1 N–H and O–H groups in total. The van der Waals surface area contributed by atoms with Gasteiger partial charge in [-0.25, -0.2) is 0 Å². The lowest BCUT2D eigenvalue weighted by Crippen LogP contribution is -2.43. The molecule has 2 aromatic carbocycles. The monoisotopic (exact) mass is 236 g/mol. The Morgan fingerprint density at radius 3 is 2.61 bits per heavy atom. The molecule has 1 saturated heterocycles. The molecule has 1 aliphatic heterocycles. The number of rotatable bonds is 2. The molecular weight excluding hydrogens is 220 g/mol. The molecule has 2 nitrogen and oxygen atoms in total. The molecule has 0 atom stereocenters. The smallest absolute Gasteiger partial charge is 0.0447 e. The molecule has 0 bridgehead atoms. The average molecular weight is 236 g/mol. The van der Waals surface area contributed by atoms with E-state index in [0.717, 1.165) is 26.2 Å². The van der Waals surface area contributed by atoms with Gasteiger partial charge in [-0.3, -0.25) is 0 Å². The number of benzene rings is 1. The lowest BCUT2D eigenvalue weighted by Gasteiger charge is -2.31. The molecule has 1 heterocycles. The van der Waals surface area contributed by atoms with Crippen LogP contribution in [0.2, 0.25) is 0 Å². The summed E-state index contributed by atoms with van der Waals surface area (Å²) in [5, 5.41) is 3.39. The maximum Gasteiger partial charge on any atom is 0.0447 e. The summed E-state index contributed by atoms with van der Waals surface area (Å²) in [6.45, 7) is 4.26. The van der Waals surface area contributed by atoms with Crippen LogP contribution in [0.25, 0.3) is 11.1 Å². The van der Waals surface area contributed by atoms with Crippen LogP contribution in [0.5, 0.6) is 0 Å². The van der Waals surface area contributed by atoms with Crippen molar-refractivity contribution in [2.45, 2.75) is 0 Å². The molecule has 0 unspecified atom stereocenters. The molecular formula is C16H16N2. The van der Waals surface area contributed by atoms with E-state index in [1.807, 2.05) is 12.1 Å². The number of piperazine rings is 1. The Hall–Kier alpha value is -1.98. The Morgan fingerprint density at radius 1 is 1.00 bits per heavy atom. The zero-order valence-corrected chi connectivity index (χ0v) is 10.3. The van der Waals surface area contributed by atoms with Crippen molar-refractivity contribution in [2.24, 2.45) is 0 Å². The first kappa shape index (κ1) is 11.1. The highest BCUT2D eigenvalue weighted by Gasteiger charge is 2.14. The number of nitrogens with one attached hydrogen (secondary N) is 1. The van der Waals surface area contributed by atoms with Crippen LogP contribution in [0.15, 0.2) is 42.5 Å². The van der Waals surface area contributed by atoms with E-state index in [0.29, 0.717) is 0 Å². The van der Waals surface area contributed by atoms with Crippen LogP contribution in [-0.4, -0.2) is 26.2 Å². The van der Waals surface area contributed by atoms with Gasteiger partial charge in [-0.1, -0.05) is 30.3 Å². The van der Waals surface area contributed by atoms with E-state index in [-0.39, 0.29) is 0 Å². The van der Waals surface area contributed by atoms with E-state index < -0.39 is 0 Å². The van der Waals surface area contributed by atoms with E-state index in [2.05, 4.69) is 52.7 Å². The number of anilines is 1. The molecule has 0 saturated carbocycles. The molecule has 2 heteroatoms. The Kier molecular flexibility index (Phi) is 3.16. The quantitative estimate of drug-likeness (QED) is 0.861. The molecule has 1 aliphatic rings. The van der Waals surface area contributed by atoms with Crippen LogP contribution in [0.3, 0.4) is 0 Å². The summed E-state index contributed by atoms with van der Waals surface area (Å²) >= 11 is 0. The molecule has 0 aliphatic carbocycles. The van der Waals surface area contributed by atoms with Crippen LogP contribution in [0.1, 0.15) is 0 Å². The fraction of sp³-hybridized carbons (Fsp3) is 0.250. The molecule has 0 amide bonds. The Labute approximate surface area is 108 Å². The minimum atomic E-state index is 1.06. The lowest BCUT2D eigenvalue weighted by atomic mass is 10.0. The zero-order chi connectivity index (χ0) is 12.2. The van der Waals surface area contributed by atoms with Gasteiger partial charge in [0.15, 0.2) is 0 Å². The van der Waals surface area contributed by atoms with Crippen molar-refractivity contribution < 1.29 is 0 Å². The van der Waals surface area contributed by atoms with Gasteiger partial charge in [0.1, 0.15) is 0 Å². The molecule has 18 heavy (non-hydrogen) atoms. The third-order valence-electron chi connectivity index (χ3n) is 3.33. The van der Waals surface area contributed by atoms with Gasteiger partial charge in [0.2, 0.25) is 0 Å². The van der Waals surface area contributed by atoms with Crippen LogP contribution >= 0.6 is 0 Å². The molecule has 2 aromatic rings. The highest BCUT2D eigenvalue weighted by atomic mass is 15.2. The summed E-state index contributed by atoms with van der Waals surface area (Å²) in [5.41, 5.74) is 3.81. The second-order valence-electron chi connectivity index (χ2n) is 4.48. The normalized spacial score (nSPS) is 15.2. The second kappa shape index (κ2) is 5.12. The average Bonchev–Trinajstić information content (AvgIpc) is 2.49.